The minimum Gasteiger partial charge on any atom is -0.344 e. The summed E-state index contributed by atoms with van der Waals surface area (Å²) >= 11 is 0. The molecule has 0 aromatic carbocycles. The van der Waals surface area contributed by atoms with E-state index in [9.17, 15) is 4.79 Å². The first-order chi connectivity index (χ1) is 9.15. The summed E-state index contributed by atoms with van der Waals surface area (Å²) in [5, 5.41) is 10.1. The van der Waals surface area contributed by atoms with Crippen LogP contribution in [0, 0.1) is 11.8 Å². The topological polar surface area (TPSA) is 80.0 Å². The average Bonchev–Trinajstić information content (AvgIpc) is 3.02. The maximum atomic E-state index is 12.0. The van der Waals surface area contributed by atoms with Crippen LogP contribution in [-0.2, 0) is 4.79 Å². The lowest BCUT2D eigenvalue weighted by atomic mass is 9.99. The van der Waals surface area contributed by atoms with Crippen LogP contribution in [0.5, 0.6) is 0 Å². The SMILES string of the molecule is CC(C)C(NC(=O)C1CNC1)c1nc(C2CC2)no1. The molecule has 1 aromatic heterocycles. The molecule has 1 unspecified atom stereocenters. The van der Waals surface area contributed by atoms with E-state index in [0.29, 0.717) is 11.8 Å². The van der Waals surface area contributed by atoms with Gasteiger partial charge >= 0.3 is 0 Å². The van der Waals surface area contributed by atoms with Gasteiger partial charge in [-0.2, -0.15) is 4.98 Å². The Bertz CT molecular complexity index is 463. The zero-order valence-corrected chi connectivity index (χ0v) is 11.3. The number of nitrogens with one attached hydrogen (secondary N) is 2. The molecule has 0 spiro atoms. The van der Waals surface area contributed by atoms with E-state index in [0.717, 1.165) is 31.8 Å². The molecule has 2 aliphatic rings. The molecule has 0 bridgehead atoms. The Hall–Kier alpha value is -1.43. The molecule has 6 heteroatoms. The highest BCUT2D eigenvalue weighted by Crippen LogP contribution is 2.38. The summed E-state index contributed by atoms with van der Waals surface area (Å²) in [6, 6.07) is -0.187. The van der Waals surface area contributed by atoms with Crippen LogP contribution in [0.25, 0.3) is 0 Å². The first kappa shape index (κ1) is 12.6. The minimum absolute atomic E-state index is 0.0728. The highest BCUT2D eigenvalue weighted by molar-refractivity contribution is 5.80. The lowest BCUT2D eigenvalue weighted by molar-refractivity contribution is -0.127. The van der Waals surface area contributed by atoms with Crippen molar-refractivity contribution in [2.24, 2.45) is 11.8 Å². The van der Waals surface area contributed by atoms with Crippen LogP contribution >= 0.6 is 0 Å². The van der Waals surface area contributed by atoms with Crippen molar-refractivity contribution in [1.29, 1.82) is 0 Å². The fourth-order valence-corrected chi connectivity index (χ4v) is 2.14. The lowest BCUT2D eigenvalue weighted by Gasteiger charge is -2.28. The molecule has 1 saturated heterocycles. The summed E-state index contributed by atoms with van der Waals surface area (Å²) in [6.07, 6.45) is 2.29. The monoisotopic (exact) mass is 264 g/mol. The van der Waals surface area contributed by atoms with Crippen molar-refractivity contribution in [2.75, 3.05) is 13.1 Å². The van der Waals surface area contributed by atoms with Gasteiger partial charge in [0.05, 0.1) is 5.92 Å². The van der Waals surface area contributed by atoms with Gasteiger partial charge in [0.25, 0.3) is 0 Å². The van der Waals surface area contributed by atoms with E-state index in [2.05, 4.69) is 20.8 Å². The van der Waals surface area contributed by atoms with E-state index < -0.39 is 0 Å². The molecule has 2 fully saturated rings. The van der Waals surface area contributed by atoms with E-state index >= 15 is 0 Å². The molecule has 2 N–H and O–H groups in total. The Morgan fingerprint density at radius 3 is 2.68 bits per heavy atom. The first-order valence-electron chi connectivity index (χ1n) is 6.99. The Morgan fingerprint density at radius 2 is 2.16 bits per heavy atom. The number of amides is 1. The second-order valence-corrected chi connectivity index (χ2v) is 5.85. The fourth-order valence-electron chi connectivity index (χ4n) is 2.14. The van der Waals surface area contributed by atoms with Crippen LogP contribution in [0.3, 0.4) is 0 Å². The predicted molar refractivity (Wildman–Crippen MR) is 68.4 cm³/mol. The minimum atomic E-state index is -0.187. The zero-order chi connectivity index (χ0) is 13.4. The second-order valence-electron chi connectivity index (χ2n) is 5.85. The standard InChI is InChI=1S/C13H20N4O2/c1-7(2)10(15-12(18)9-5-14-6-9)13-16-11(17-19-13)8-3-4-8/h7-10,14H,3-6H2,1-2H3,(H,15,18). The van der Waals surface area contributed by atoms with Gasteiger partial charge in [0.15, 0.2) is 5.82 Å². The molecule has 1 aliphatic carbocycles. The molecular formula is C13H20N4O2. The molecule has 1 aromatic rings. The van der Waals surface area contributed by atoms with Crippen LogP contribution in [0.2, 0.25) is 0 Å². The first-order valence-corrected chi connectivity index (χ1v) is 6.99. The largest absolute Gasteiger partial charge is 0.344 e. The van der Waals surface area contributed by atoms with Gasteiger partial charge in [0, 0.05) is 19.0 Å². The zero-order valence-electron chi connectivity index (χ0n) is 11.3. The maximum Gasteiger partial charge on any atom is 0.249 e. The number of carbonyl (C=O) groups is 1. The third kappa shape index (κ3) is 2.63. The highest BCUT2D eigenvalue weighted by atomic mass is 16.5. The molecular weight excluding hydrogens is 244 g/mol. The third-order valence-corrected chi connectivity index (χ3v) is 3.78. The molecule has 2 heterocycles. The number of rotatable bonds is 5. The van der Waals surface area contributed by atoms with Gasteiger partial charge in [-0.15, -0.1) is 0 Å². The number of aromatic nitrogens is 2. The normalized spacial score (nSPS) is 21.2. The van der Waals surface area contributed by atoms with Crippen molar-refractivity contribution in [3.05, 3.63) is 11.7 Å². The van der Waals surface area contributed by atoms with Crippen molar-refractivity contribution in [1.82, 2.24) is 20.8 Å². The van der Waals surface area contributed by atoms with Crippen LogP contribution in [0.4, 0.5) is 0 Å². The van der Waals surface area contributed by atoms with Crippen molar-refractivity contribution in [3.8, 4) is 0 Å². The lowest BCUT2D eigenvalue weighted by Crippen LogP contribution is -2.51. The Balaban J connectivity index is 1.69. The van der Waals surface area contributed by atoms with Crippen LogP contribution in [0.15, 0.2) is 4.52 Å². The van der Waals surface area contributed by atoms with Gasteiger partial charge < -0.3 is 15.2 Å². The van der Waals surface area contributed by atoms with E-state index in [1.54, 1.807) is 0 Å². The highest BCUT2D eigenvalue weighted by Gasteiger charge is 2.33. The molecule has 3 rings (SSSR count). The predicted octanol–water partition coefficient (Wildman–Crippen LogP) is 0.980. The quantitative estimate of drug-likeness (QED) is 0.828. The smallest absolute Gasteiger partial charge is 0.249 e. The Labute approximate surface area is 112 Å². The molecule has 19 heavy (non-hydrogen) atoms. The second kappa shape index (κ2) is 4.92. The van der Waals surface area contributed by atoms with Crippen LogP contribution in [0.1, 0.15) is 50.4 Å². The summed E-state index contributed by atoms with van der Waals surface area (Å²) in [5.74, 6) is 2.18. The molecule has 1 atom stereocenters. The van der Waals surface area contributed by atoms with Gasteiger partial charge in [-0.3, -0.25) is 4.79 Å². The van der Waals surface area contributed by atoms with Gasteiger partial charge in [-0.05, 0) is 18.8 Å². The third-order valence-electron chi connectivity index (χ3n) is 3.78. The van der Waals surface area contributed by atoms with E-state index in [-0.39, 0.29) is 23.8 Å². The van der Waals surface area contributed by atoms with E-state index in [1.807, 2.05) is 13.8 Å². The van der Waals surface area contributed by atoms with Gasteiger partial charge in [0.1, 0.15) is 6.04 Å². The van der Waals surface area contributed by atoms with Crippen LogP contribution in [-0.4, -0.2) is 29.1 Å². The van der Waals surface area contributed by atoms with E-state index in [4.69, 9.17) is 4.52 Å². The molecule has 104 valence electrons. The van der Waals surface area contributed by atoms with Gasteiger partial charge in [0.2, 0.25) is 11.8 Å². The number of hydrogen-bond acceptors (Lipinski definition) is 5. The number of nitrogens with zero attached hydrogens (tertiary/aromatic N) is 2. The van der Waals surface area contributed by atoms with Crippen molar-refractivity contribution in [3.63, 3.8) is 0 Å². The molecule has 0 radical (unpaired) electrons. The fraction of sp³-hybridized carbons (Fsp3) is 0.769. The van der Waals surface area contributed by atoms with Crippen molar-refractivity contribution in [2.45, 2.75) is 38.6 Å². The molecule has 1 aliphatic heterocycles. The summed E-state index contributed by atoms with van der Waals surface area (Å²) < 4.78 is 5.33. The molecule has 1 saturated carbocycles. The summed E-state index contributed by atoms with van der Waals surface area (Å²) in [5.41, 5.74) is 0. The van der Waals surface area contributed by atoms with Crippen LogP contribution < -0.4 is 10.6 Å². The molecule has 6 nitrogen and oxygen atoms in total. The molecule has 1 amide bonds. The Morgan fingerprint density at radius 1 is 1.42 bits per heavy atom. The van der Waals surface area contributed by atoms with Crippen molar-refractivity contribution >= 4 is 5.91 Å². The number of hydrogen-bond donors (Lipinski definition) is 2. The summed E-state index contributed by atoms with van der Waals surface area (Å²) in [7, 11) is 0. The van der Waals surface area contributed by atoms with Crippen molar-refractivity contribution < 1.29 is 9.32 Å². The number of carbonyl (C=O) groups excluding carboxylic acids is 1. The maximum absolute atomic E-state index is 12.0. The summed E-state index contributed by atoms with van der Waals surface area (Å²) in [4.78, 5) is 16.5. The van der Waals surface area contributed by atoms with E-state index in [1.165, 1.54) is 0 Å². The van der Waals surface area contributed by atoms with Gasteiger partial charge in [-0.25, -0.2) is 0 Å². The van der Waals surface area contributed by atoms with Gasteiger partial charge in [-0.1, -0.05) is 19.0 Å². The Kier molecular flexibility index (Phi) is 3.26. The average molecular weight is 264 g/mol. The summed E-state index contributed by atoms with van der Waals surface area (Å²) in [6.45, 7) is 5.61.